The third-order valence-electron chi connectivity index (χ3n) is 15.1. The molecule has 139 heavy (non-hydrogen) atoms. The Morgan fingerprint density at radius 3 is 0.439 bits per heavy atom. The molecule has 730 valence electrons. The van der Waals surface area contributed by atoms with Crippen molar-refractivity contribution in [2.75, 3.05) is 0 Å². The lowest BCUT2D eigenvalue weighted by atomic mass is 10.2. The molecular weight excluding hydrogens is 1860 g/mol. The van der Waals surface area contributed by atoms with Crippen LogP contribution in [0.15, 0.2) is 78.9 Å². The SMILES string of the molecule is CC(=O)Oc1cc(OC(C)=O)c(Oc2cc(OC(C)=O)c(OC(C)=O)c(Oc3cc(OC(C)=O)c(OC(C)=O)c(OC(C)=O)c3Oc3cc(OC(C)=O)c(Oc4cc(OC(C)=O)c(OC(C)=O)c(OC(C)=O)c4Oc4cc(OC(C)=O)c(Oc5cc(OC(C)=O)c(OC(C)=O)c(OC(C)=O)c5Oc5cc(OC(C)=O)c(OC(C)=O)c(OC(C)=O)c5)c(OC(C)=O)c4)c(OC(C)=O)c3)c2)c(OC(C)=O)c1. The van der Waals surface area contributed by atoms with Gasteiger partial charge in [-0.25, -0.2) is 0 Å². The molecule has 8 aromatic carbocycles. The van der Waals surface area contributed by atoms with E-state index in [2.05, 4.69) is 0 Å². The van der Waals surface area contributed by atoms with E-state index < -0.39 is 327 Å². The number of hydrogen-bond acceptors (Lipinski definition) is 49. The highest BCUT2D eigenvalue weighted by molar-refractivity contribution is 5.89. The van der Waals surface area contributed by atoms with E-state index in [9.17, 15) is 101 Å². The molecule has 0 saturated heterocycles. The highest BCUT2D eigenvalue weighted by atomic mass is 16.7. The van der Waals surface area contributed by atoms with Crippen molar-refractivity contribution in [3.05, 3.63) is 78.9 Å². The zero-order chi connectivity index (χ0) is 103. The molecule has 0 bridgehead atoms. The number of carbonyl (C=O) groups excluding carboxylic acids is 21. The summed E-state index contributed by atoms with van der Waals surface area (Å²) in [5.74, 6) is -56.9. The molecule has 0 atom stereocenters. The summed E-state index contributed by atoms with van der Waals surface area (Å²) in [4.78, 5) is 276. The Labute approximate surface area is 781 Å². The summed E-state index contributed by atoms with van der Waals surface area (Å²) < 4.78 is 160. The first-order valence-electron chi connectivity index (χ1n) is 39.2. The zero-order valence-corrected chi connectivity index (χ0v) is 76.5. The predicted octanol–water partition coefficient (Wildman–Crippen LogP) is 12.7. The Balaban J connectivity index is 1.48. The summed E-state index contributed by atoms with van der Waals surface area (Å²) in [6.45, 7) is 17.6. The molecule has 8 rings (SSSR count). The van der Waals surface area contributed by atoms with Gasteiger partial charge in [0, 0.05) is 224 Å². The van der Waals surface area contributed by atoms with Crippen LogP contribution < -0.4 is 133 Å². The van der Waals surface area contributed by atoms with Crippen LogP contribution in [0.1, 0.15) is 145 Å². The molecule has 49 heteroatoms. The van der Waals surface area contributed by atoms with Crippen LogP contribution in [-0.2, 0) is 101 Å². The van der Waals surface area contributed by atoms with E-state index in [-0.39, 0.29) is 0 Å². The Bertz CT molecular complexity index is 6350. The lowest BCUT2D eigenvalue weighted by Crippen LogP contribution is -2.13. The summed E-state index contributed by atoms with van der Waals surface area (Å²) in [5, 5.41) is 0. The van der Waals surface area contributed by atoms with Crippen molar-refractivity contribution in [1.82, 2.24) is 0 Å². The van der Waals surface area contributed by atoms with E-state index in [0.717, 1.165) is 182 Å². The molecule has 49 nitrogen and oxygen atoms in total. The quantitative estimate of drug-likeness (QED) is 0.0263. The Morgan fingerprint density at radius 1 is 0.108 bits per heavy atom. The fourth-order valence-corrected chi connectivity index (χ4v) is 11.3. The molecular formula is C90H76O49. The minimum atomic E-state index is -1.36. The molecule has 0 aliphatic heterocycles. The van der Waals surface area contributed by atoms with Crippen LogP contribution in [0.2, 0.25) is 0 Å². The maximum absolute atomic E-state index is 13.7. The lowest BCUT2D eigenvalue weighted by Gasteiger charge is -2.24. The molecule has 0 N–H and O–H groups in total. The van der Waals surface area contributed by atoms with Gasteiger partial charge in [-0.05, 0) is 0 Å². The van der Waals surface area contributed by atoms with Crippen molar-refractivity contribution in [2.24, 2.45) is 0 Å². The normalized spacial score (nSPS) is 10.4. The van der Waals surface area contributed by atoms with Gasteiger partial charge >= 0.3 is 125 Å². The summed E-state index contributed by atoms with van der Waals surface area (Å²) >= 11 is 0. The zero-order valence-electron chi connectivity index (χ0n) is 76.5. The highest BCUT2D eigenvalue weighted by Crippen LogP contribution is 2.62. The first kappa shape index (κ1) is 106. The Morgan fingerprint density at radius 2 is 0.237 bits per heavy atom. The standard InChI is InChI=1S/C90H76O49/c1-35(91)112-56-22-64(116-39(5)95)79(65(23-56)117-40(6)96)133-57-24-63(115-38(4)94)78(126-49(15)105)70(31-57)137-74-32-71(122-45(11)101)82(127-50(16)106)88(130-53(19)109)85(74)134-59-27-66(118-41(7)97)80(67(28-59)119-42(8)98)139-76-34-73(124-47(13)103)84(129-52(18)108)90(132-55(21)111)87(76)136-60-29-68(120-43(9)99)81(69(30-60)121-44(10)100)138-75-33-72(123-46(12)102)83(128-51(17)107)89(131-54(20)110)86(75)135-58-25-61(113-36(2)92)77(125-48(14)104)62(26-58)114-37(3)93/h22-34H,1-21H3. The molecule has 0 fully saturated rings. The number of esters is 21. The summed E-state index contributed by atoms with van der Waals surface area (Å²) in [7, 11) is 0. The second-order valence-electron chi connectivity index (χ2n) is 27.5. The monoisotopic (exact) mass is 1940 g/mol. The fraction of sp³-hybridized carbons (Fsp3) is 0.233. The summed E-state index contributed by atoms with van der Waals surface area (Å²) in [5.41, 5.74) is 0. The number of rotatable bonds is 35. The molecule has 0 aromatic heterocycles. The van der Waals surface area contributed by atoms with Crippen molar-refractivity contribution in [1.29, 1.82) is 0 Å². The summed E-state index contributed by atoms with van der Waals surface area (Å²) in [6, 6.07) is 9.99. The van der Waals surface area contributed by atoms with Crippen LogP contribution in [0, 0.1) is 0 Å². The van der Waals surface area contributed by atoms with E-state index in [0.29, 0.717) is 42.5 Å². The van der Waals surface area contributed by atoms with Gasteiger partial charge in [-0.2, -0.15) is 0 Å². The number of carbonyl (C=O) groups is 21. The second kappa shape index (κ2) is 46.1. The third-order valence-corrected chi connectivity index (χ3v) is 15.1. The van der Waals surface area contributed by atoms with Crippen LogP contribution in [0.4, 0.5) is 0 Å². The largest absolute Gasteiger partial charge is 0.449 e. The van der Waals surface area contributed by atoms with Gasteiger partial charge in [0.1, 0.15) is 28.7 Å². The van der Waals surface area contributed by atoms with Crippen LogP contribution in [0.3, 0.4) is 0 Å². The average molecular weight is 1940 g/mol. The van der Waals surface area contributed by atoms with Crippen molar-refractivity contribution in [3.8, 4) is 201 Å². The van der Waals surface area contributed by atoms with E-state index in [1.165, 1.54) is 0 Å². The molecule has 0 aliphatic rings. The second-order valence-corrected chi connectivity index (χ2v) is 27.5. The van der Waals surface area contributed by atoms with Crippen LogP contribution >= 0.6 is 0 Å². The van der Waals surface area contributed by atoms with Crippen LogP contribution in [0.5, 0.6) is 201 Å². The van der Waals surface area contributed by atoms with Gasteiger partial charge in [0.25, 0.3) is 0 Å². The van der Waals surface area contributed by atoms with Crippen molar-refractivity contribution in [3.63, 3.8) is 0 Å². The molecule has 0 aliphatic carbocycles. The number of benzene rings is 8. The Hall–Kier alpha value is -18.8. The fourth-order valence-electron chi connectivity index (χ4n) is 11.3. The molecule has 0 amide bonds. The topological polar surface area (TPSA) is 617 Å². The van der Waals surface area contributed by atoms with Crippen LogP contribution in [0.25, 0.3) is 0 Å². The van der Waals surface area contributed by atoms with Gasteiger partial charge in [0.05, 0.1) is 0 Å². The van der Waals surface area contributed by atoms with E-state index in [1.54, 1.807) is 0 Å². The van der Waals surface area contributed by atoms with Gasteiger partial charge < -0.3 is 133 Å². The minimum Gasteiger partial charge on any atom is -0.449 e. The number of ether oxygens (including phenoxy) is 28. The molecule has 0 unspecified atom stereocenters. The molecule has 0 radical (unpaired) electrons. The van der Waals surface area contributed by atoms with Gasteiger partial charge in [-0.1, -0.05) is 0 Å². The minimum absolute atomic E-state index is 0.395. The third kappa shape index (κ3) is 30.1. The maximum atomic E-state index is 13.7. The predicted molar refractivity (Wildman–Crippen MR) is 450 cm³/mol. The van der Waals surface area contributed by atoms with Gasteiger partial charge in [-0.15, -0.1) is 0 Å². The first-order chi connectivity index (χ1) is 65.1. The van der Waals surface area contributed by atoms with Crippen molar-refractivity contribution in [2.45, 2.75) is 145 Å². The molecule has 0 saturated carbocycles. The Kier molecular flexibility index (Phi) is 35.0. The molecule has 8 aromatic rings. The lowest BCUT2D eigenvalue weighted by molar-refractivity contribution is -0.135. The van der Waals surface area contributed by atoms with Crippen molar-refractivity contribution >= 4 is 125 Å². The average Bonchev–Trinajstić information content (AvgIpc) is 0.759. The first-order valence-corrected chi connectivity index (χ1v) is 39.2. The van der Waals surface area contributed by atoms with E-state index in [1.807, 2.05) is 0 Å². The summed E-state index contributed by atoms with van der Waals surface area (Å²) in [6.07, 6.45) is 0. The molecule has 0 spiro atoms. The smallest absolute Gasteiger partial charge is 0.308 e. The molecule has 0 heterocycles. The number of hydrogen-bond donors (Lipinski definition) is 0. The van der Waals surface area contributed by atoms with Crippen molar-refractivity contribution < 1.29 is 233 Å². The van der Waals surface area contributed by atoms with E-state index in [4.69, 9.17) is 133 Å². The van der Waals surface area contributed by atoms with Crippen LogP contribution in [-0.4, -0.2) is 125 Å². The highest BCUT2D eigenvalue weighted by Gasteiger charge is 2.39. The van der Waals surface area contributed by atoms with E-state index >= 15 is 0 Å². The van der Waals surface area contributed by atoms with Gasteiger partial charge in [0.2, 0.25) is 80.5 Å². The van der Waals surface area contributed by atoms with Gasteiger partial charge in [0.15, 0.2) is 92.0 Å². The maximum Gasteiger partial charge on any atom is 0.308 e. The van der Waals surface area contributed by atoms with Gasteiger partial charge in [-0.3, -0.25) is 101 Å².